The molecule has 6 nitrogen and oxygen atoms in total. The van der Waals surface area contributed by atoms with Gasteiger partial charge in [-0.25, -0.2) is 4.98 Å². The first-order valence-corrected chi connectivity index (χ1v) is 10.2. The number of hydrogen-bond acceptors (Lipinski definition) is 4. The zero-order valence-electron chi connectivity index (χ0n) is 17.3. The molecule has 0 unspecified atom stereocenters. The van der Waals surface area contributed by atoms with Crippen LogP contribution in [-0.4, -0.2) is 28.7 Å². The molecule has 1 N–H and O–H groups in total. The highest BCUT2D eigenvalue weighted by molar-refractivity contribution is 5.78. The van der Waals surface area contributed by atoms with E-state index < -0.39 is 0 Å². The Labute approximate surface area is 167 Å². The lowest BCUT2D eigenvalue weighted by molar-refractivity contribution is -0.126. The minimum Gasteiger partial charge on any atom is -0.490 e. The van der Waals surface area contributed by atoms with Crippen LogP contribution in [0, 0.1) is 11.8 Å². The van der Waals surface area contributed by atoms with Gasteiger partial charge in [0.25, 0.3) is 0 Å². The lowest BCUT2D eigenvalue weighted by Crippen LogP contribution is -2.37. The van der Waals surface area contributed by atoms with E-state index in [4.69, 9.17) is 9.47 Å². The molecular weight excluding hydrogens is 354 g/mol. The molecule has 2 heterocycles. The number of fused-ring (bicyclic) bond motifs is 1. The standard InChI is InChI=1S/C22H31N3O3/c1-5-20-23-9-10-25(20)14-16(4)22(26)24-21(15(2)3)17-7-8-18-19(13-17)28-12-6-11-27-18/h7-10,13,15-16,21H,5-6,11-12,14H2,1-4H3,(H,24,26)/t16-,21+/m0/s1. The maximum Gasteiger partial charge on any atom is 0.225 e. The van der Waals surface area contributed by atoms with Gasteiger partial charge in [-0.1, -0.05) is 33.8 Å². The van der Waals surface area contributed by atoms with Crippen molar-refractivity contribution < 1.29 is 14.3 Å². The number of carbonyl (C=O) groups is 1. The summed E-state index contributed by atoms with van der Waals surface area (Å²) in [5, 5.41) is 3.24. The highest BCUT2D eigenvalue weighted by Gasteiger charge is 2.24. The second kappa shape index (κ2) is 9.13. The molecule has 0 spiro atoms. The van der Waals surface area contributed by atoms with Gasteiger partial charge in [0.1, 0.15) is 5.82 Å². The Morgan fingerprint density at radius 3 is 2.68 bits per heavy atom. The first-order valence-electron chi connectivity index (χ1n) is 10.2. The quantitative estimate of drug-likeness (QED) is 0.788. The van der Waals surface area contributed by atoms with Gasteiger partial charge in [0, 0.05) is 31.8 Å². The molecule has 1 aromatic heterocycles. The van der Waals surface area contributed by atoms with Gasteiger partial charge in [-0.3, -0.25) is 4.79 Å². The lowest BCUT2D eigenvalue weighted by atomic mass is 9.94. The highest BCUT2D eigenvalue weighted by Crippen LogP contribution is 2.34. The van der Waals surface area contributed by atoms with Gasteiger partial charge in [0.15, 0.2) is 11.5 Å². The first-order chi connectivity index (χ1) is 13.5. The van der Waals surface area contributed by atoms with Crippen molar-refractivity contribution in [2.24, 2.45) is 11.8 Å². The molecule has 1 amide bonds. The van der Waals surface area contributed by atoms with Crippen LogP contribution in [0.15, 0.2) is 30.6 Å². The Balaban J connectivity index is 1.72. The number of nitrogens with zero attached hydrogens (tertiary/aromatic N) is 2. The van der Waals surface area contributed by atoms with Crippen LogP contribution in [-0.2, 0) is 17.8 Å². The molecule has 2 aromatic rings. The predicted molar refractivity (Wildman–Crippen MR) is 109 cm³/mol. The van der Waals surface area contributed by atoms with E-state index in [1.54, 1.807) is 6.20 Å². The van der Waals surface area contributed by atoms with E-state index in [0.29, 0.717) is 19.8 Å². The van der Waals surface area contributed by atoms with Gasteiger partial charge in [-0.15, -0.1) is 0 Å². The largest absolute Gasteiger partial charge is 0.490 e. The van der Waals surface area contributed by atoms with Crippen molar-refractivity contribution in [1.82, 2.24) is 14.9 Å². The maximum absolute atomic E-state index is 12.9. The normalized spacial score (nSPS) is 15.8. The Bertz CT molecular complexity index is 800. The Kier molecular flexibility index (Phi) is 6.60. The Morgan fingerprint density at radius 1 is 1.21 bits per heavy atom. The first kappa shape index (κ1) is 20.2. The van der Waals surface area contributed by atoms with E-state index in [-0.39, 0.29) is 23.8 Å². The third-order valence-electron chi connectivity index (χ3n) is 5.13. The summed E-state index contributed by atoms with van der Waals surface area (Å²) in [6, 6.07) is 5.88. The molecule has 0 saturated heterocycles. The van der Waals surface area contributed by atoms with Gasteiger partial charge in [-0.2, -0.15) is 0 Å². The number of aryl methyl sites for hydroxylation is 1. The fourth-order valence-corrected chi connectivity index (χ4v) is 3.50. The summed E-state index contributed by atoms with van der Waals surface area (Å²) in [6.45, 7) is 10.2. The Hall–Kier alpha value is -2.50. The molecule has 6 heteroatoms. The van der Waals surface area contributed by atoms with E-state index >= 15 is 0 Å². The van der Waals surface area contributed by atoms with E-state index in [1.807, 2.05) is 31.3 Å². The third-order valence-corrected chi connectivity index (χ3v) is 5.13. The summed E-state index contributed by atoms with van der Waals surface area (Å²) >= 11 is 0. The fourth-order valence-electron chi connectivity index (χ4n) is 3.50. The second-order valence-corrected chi connectivity index (χ2v) is 7.74. The molecule has 1 aliphatic rings. The SMILES string of the molecule is CCc1nccn1C[C@H](C)C(=O)N[C@@H](c1ccc2c(c1)OCCCO2)C(C)C. The van der Waals surface area contributed by atoms with Crippen LogP contribution in [0.25, 0.3) is 0 Å². The molecule has 0 fully saturated rings. The molecule has 2 atom stereocenters. The van der Waals surface area contributed by atoms with Crippen LogP contribution in [0.1, 0.15) is 51.5 Å². The van der Waals surface area contributed by atoms with Gasteiger partial charge >= 0.3 is 0 Å². The van der Waals surface area contributed by atoms with E-state index in [2.05, 4.69) is 35.6 Å². The minimum atomic E-state index is -0.152. The molecule has 3 rings (SSSR count). The summed E-state index contributed by atoms with van der Waals surface area (Å²) < 4.78 is 13.6. The molecular formula is C22H31N3O3. The molecule has 0 bridgehead atoms. The average Bonchev–Trinajstić information content (AvgIpc) is 2.99. The Morgan fingerprint density at radius 2 is 1.96 bits per heavy atom. The molecule has 28 heavy (non-hydrogen) atoms. The van der Waals surface area contributed by atoms with Crippen molar-refractivity contribution in [2.75, 3.05) is 13.2 Å². The van der Waals surface area contributed by atoms with Crippen LogP contribution in [0.4, 0.5) is 0 Å². The number of rotatable bonds is 7. The minimum absolute atomic E-state index is 0.0431. The average molecular weight is 386 g/mol. The van der Waals surface area contributed by atoms with Gasteiger partial charge in [0.05, 0.1) is 25.2 Å². The van der Waals surface area contributed by atoms with E-state index in [0.717, 1.165) is 35.7 Å². The molecule has 0 aliphatic carbocycles. The monoisotopic (exact) mass is 385 g/mol. The topological polar surface area (TPSA) is 65.4 Å². The summed E-state index contributed by atoms with van der Waals surface area (Å²) in [7, 11) is 0. The maximum atomic E-state index is 12.9. The molecule has 0 radical (unpaired) electrons. The van der Waals surface area contributed by atoms with Crippen LogP contribution < -0.4 is 14.8 Å². The van der Waals surface area contributed by atoms with E-state index in [1.165, 1.54) is 0 Å². The molecule has 152 valence electrons. The number of amides is 1. The second-order valence-electron chi connectivity index (χ2n) is 7.74. The summed E-state index contributed by atoms with van der Waals surface area (Å²) in [4.78, 5) is 17.2. The van der Waals surface area contributed by atoms with Gasteiger partial charge in [-0.05, 0) is 23.6 Å². The highest BCUT2D eigenvalue weighted by atomic mass is 16.5. The van der Waals surface area contributed by atoms with Crippen LogP contribution in [0.2, 0.25) is 0 Å². The van der Waals surface area contributed by atoms with Gasteiger partial charge in [0.2, 0.25) is 5.91 Å². The predicted octanol–water partition coefficient (Wildman–Crippen LogP) is 3.76. The van der Waals surface area contributed by atoms with Crippen molar-refractivity contribution in [1.29, 1.82) is 0 Å². The lowest BCUT2D eigenvalue weighted by Gasteiger charge is -2.26. The smallest absolute Gasteiger partial charge is 0.225 e. The van der Waals surface area contributed by atoms with Gasteiger partial charge < -0.3 is 19.4 Å². The number of nitrogens with one attached hydrogen (secondary N) is 1. The number of imidazole rings is 1. The van der Waals surface area contributed by atoms with Crippen molar-refractivity contribution in [2.45, 2.75) is 53.1 Å². The van der Waals surface area contributed by atoms with Crippen molar-refractivity contribution in [3.05, 3.63) is 42.0 Å². The number of hydrogen-bond donors (Lipinski definition) is 1. The van der Waals surface area contributed by atoms with E-state index in [9.17, 15) is 4.79 Å². The molecule has 0 saturated carbocycles. The summed E-state index contributed by atoms with van der Waals surface area (Å²) in [5.41, 5.74) is 1.04. The summed E-state index contributed by atoms with van der Waals surface area (Å²) in [6.07, 6.45) is 5.46. The molecule has 1 aliphatic heterocycles. The zero-order chi connectivity index (χ0) is 20.1. The van der Waals surface area contributed by atoms with Crippen molar-refractivity contribution in [3.8, 4) is 11.5 Å². The third kappa shape index (κ3) is 4.66. The van der Waals surface area contributed by atoms with Crippen LogP contribution in [0.5, 0.6) is 11.5 Å². The zero-order valence-corrected chi connectivity index (χ0v) is 17.3. The number of aromatic nitrogens is 2. The summed E-state index contributed by atoms with van der Waals surface area (Å²) in [5.74, 6) is 2.68. The van der Waals surface area contributed by atoms with Crippen LogP contribution in [0.3, 0.4) is 0 Å². The van der Waals surface area contributed by atoms with Crippen molar-refractivity contribution in [3.63, 3.8) is 0 Å². The van der Waals surface area contributed by atoms with Crippen molar-refractivity contribution >= 4 is 5.91 Å². The number of carbonyl (C=O) groups excluding carboxylic acids is 1. The fraction of sp³-hybridized carbons (Fsp3) is 0.545. The number of benzene rings is 1. The molecule has 1 aromatic carbocycles. The van der Waals surface area contributed by atoms with Crippen LogP contribution >= 0.6 is 0 Å². The number of ether oxygens (including phenoxy) is 2.